The molecule has 0 saturated heterocycles. The first-order chi connectivity index (χ1) is 11.8. The maximum atomic E-state index is 5.79. The highest BCUT2D eigenvalue weighted by Gasteiger charge is 2.26. The van der Waals surface area contributed by atoms with Crippen molar-refractivity contribution in [2.24, 2.45) is 0 Å². The number of ether oxygens (including phenoxy) is 1. The van der Waals surface area contributed by atoms with Gasteiger partial charge in [-0.2, -0.15) is 0 Å². The van der Waals surface area contributed by atoms with Gasteiger partial charge in [-0.25, -0.2) is 0 Å². The number of benzene rings is 1. The molecule has 1 aliphatic heterocycles. The van der Waals surface area contributed by atoms with Gasteiger partial charge in [0.05, 0.1) is 6.61 Å². The highest BCUT2D eigenvalue weighted by atomic mass is 32.1. The zero-order valence-electron chi connectivity index (χ0n) is 14.6. The molecule has 0 bridgehead atoms. The van der Waals surface area contributed by atoms with Crippen LogP contribution in [0.25, 0.3) is 0 Å². The second-order valence-electron chi connectivity index (χ2n) is 7.09. The van der Waals surface area contributed by atoms with E-state index in [4.69, 9.17) is 4.74 Å². The topological polar surface area (TPSA) is 12.5 Å². The molecule has 24 heavy (non-hydrogen) atoms. The van der Waals surface area contributed by atoms with Crippen LogP contribution in [0.5, 0.6) is 5.75 Å². The summed E-state index contributed by atoms with van der Waals surface area (Å²) in [6.07, 6.45) is 7.24. The van der Waals surface area contributed by atoms with Crippen LogP contribution in [-0.4, -0.2) is 30.6 Å². The lowest BCUT2D eigenvalue weighted by Crippen LogP contribution is -2.41. The Morgan fingerprint density at radius 2 is 2.12 bits per heavy atom. The van der Waals surface area contributed by atoms with E-state index in [0.29, 0.717) is 6.04 Å². The fourth-order valence-corrected chi connectivity index (χ4v) is 4.90. The fraction of sp³-hybridized carbons (Fsp3) is 0.524. The number of fused-ring (bicyclic) bond motifs is 2. The van der Waals surface area contributed by atoms with Crippen molar-refractivity contribution in [2.75, 3.05) is 19.7 Å². The van der Waals surface area contributed by atoms with Crippen molar-refractivity contribution in [3.8, 4) is 5.75 Å². The van der Waals surface area contributed by atoms with Crippen LogP contribution in [0, 0.1) is 0 Å². The summed E-state index contributed by atoms with van der Waals surface area (Å²) in [7, 11) is 0. The van der Waals surface area contributed by atoms with Crippen LogP contribution in [-0.2, 0) is 25.7 Å². The summed E-state index contributed by atoms with van der Waals surface area (Å²) in [5.41, 5.74) is 4.53. The molecule has 0 fully saturated rings. The summed E-state index contributed by atoms with van der Waals surface area (Å²) in [5, 5.41) is 2.19. The average Bonchev–Trinajstić information content (AvgIpc) is 3.27. The summed E-state index contributed by atoms with van der Waals surface area (Å²) < 4.78 is 5.79. The molecule has 1 atom stereocenters. The maximum absolute atomic E-state index is 5.79. The number of hydrogen-bond acceptors (Lipinski definition) is 3. The van der Waals surface area contributed by atoms with E-state index in [0.717, 1.165) is 18.8 Å². The van der Waals surface area contributed by atoms with Gasteiger partial charge < -0.3 is 4.74 Å². The van der Waals surface area contributed by atoms with Crippen LogP contribution in [0.1, 0.15) is 41.3 Å². The van der Waals surface area contributed by atoms with Crippen molar-refractivity contribution in [1.82, 2.24) is 4.90 Å². The third-order valence-electron chi connectivity index (χ3n) is 5.47. The molecule has 1 unspecified atom stereocenters. The molecule has 0 radical (unpaired) electrons. The van der Waals surface area contributed by atoms with Gasteiger partial charge in [-0.1, -0.05) is 19.1 Å². The monoisotopic (exact) mass is 341 g/mol. The van der Waals surface area contributed by atoms with Gasteiger partial charge >= 0.3 is 0 Å². The predicted molar refractivity (Wildman–Crippen MR) is 101 cm³/mol. The van der Waals surface area contributed by atoms with E-state index in [1.165, 1.54) is 61.2 Å². The molecule has 4 rings (SSSR count). The number of hydrogen-bond donors (Lipinski definition) is 0. The van der Waals surface area contributed by atoms with E-state index in [1.54, 1.807) is 5.56 Å². The maximum Gasteiger partial charge on any atom is 0.122 e. The summed E-state index contributed by atoms with van der Waals surface area (Å²) in [6.45, 7) is 5.57. The van der Waals surface area contributed by atoms with Crippen molar-refractivity contribution in [3.63, 3.8) is 0 Å². The molecule has 0 amide bonds. The van der Waals surface area contributed by atoms with Crippen LogP contribution < -0.4 is 4.74 Å². The molecule has 128 valence electrons. The first kappa shape index (κ1) is 16.2. The van der Waals surface area contributed by atoms with Crippen molar-refractivity contribution in [1.29, 1.82) is 0 Å². The fourth-order valence-electron chi connectivity index (χ4n) is 4.20. The molecule has 2 aliphatic rings. The third kappa shape index (κ3) is 3.38. The van der Waals surface area contributed by atoms with Crippen LogP contribution in [0.4, 0.5) is 0 Å². The molecule has 0 N–H and O–H groups in total. The van der Waals surface area contributed by atoms with E-state index in [-0.39, 0.29) is 0 Å². The van der Waals surface area contributed by atoms with E-state index in [1.807, 2.05) is 11.3 Å². The summed E-state index contributed by atoms with van der Waals surface area (Å²) in [6, 6.07) is 9.89. The molecular formula is C21H27NOS. The normalized spacial score (nSPS) is 19.2. The Hall–Kier alpha value is -1.32. The number of nitrogens with zero attached hydrogens (tertiary/aromatic N) is 1. The van der Waals surface area contributed by atoms with E-state index >= 15 is 0 Å². The lowest BCUT2D eigenvalue weighted by Gasteiger charge is -2.35. The Labute approximate surface area is 149 Å². The third-order valence-corrected chi connectivity index (χ3v) is 6.40. The standard InChI is InChI=1S/C21H27NOS/c1-2-9-22(10-7-20-4-3-12-24-20)19-6-5-16-13-17-8-11-23-21(17)15-18(16)14-19/h3-4,12-13,15,19H,2,5-11,14H2,1H3. The van der Waals surface area contributed by atoms with E-state index < -0.39 is 0 Å². The Kier molecular flexibility index (Phi) is 4.91. The smallest absolute Gasteiger partial charge is 0.122 e. The minimum absolute atomic E-state index is 0.692. The van der Waals surface area contributed by atoms with Crippen molar-refractivity contribution in [2.45, 2.75) is 51.5 Å². The Morgan fingerprint density at radius 3 is 2.96 bits per heavy atom. The van der Waals surface area contributed by atoms with Crippen molar-refractivity contribution < 1.29 is 4.74 Å². The minimum Gasteiger partial charge on any atom is -0.493 e. The highest BCUT2D eigenvalue weighted by Crippen LogP contribution is 2.33. The molecule has 0 spiro atoms. The summed E-state index contributed by atoms with van der Waals surface area (Å²) in [4.78, 5) is 4.25. The second-order valence-corrected chi connectivity index (χ2v) is 8.12. The van der Waals surface area contributed by atoms with Gasteiger partial charge in [-0.15, -0.1) is 11.3 Å². The second kappa shape index (κ2) is 7.28. The number of rotatable bonds is 6. The molecular weight excluding hydrogens is 314 g/mol. The quantitative estimate of drug-likeness (QED) is 0.767. The molecule has 1 aromatic heterocycles. The number of thiophene rings is 1. The van der Waals surface area contributed by atoms with Gasteiger partial charge in [0.2, 0.25) is 0 Å². The van der Waals surface area contributed by atoms with Crippen LogP contribution in [0.2, 0.25) is 0 Å². The van der Waals surface area contributed by atoms with Crippen LogP contribution in [0.15, 0.2) is 29.6 Å². The van der Waals surface area contributed by atoms with Crippen LogP contribution in [0.3, 0.4) is 0 Å². The largest absolute Gasteiger partial charge is 0.493 e. The molecule has 0 saturated carbocycles. The highest BCUT2D eigenvalue weighted by molar-refractivity contribution is 7.09. The number of aryl methyl sites for hydroxylation is 1. The summed E-state index contributed by atoms with van der Waals surface area (Å²) in [5.74, 6) is 1.15. The predicted octanol–water partition coefficient (Wildman–Crippen LogP) is 4.50. The van der Waals surface area contributed by atoms with Gasteiger partial charge in [-0.3, -0.25) is 4.90 Å². The zero-order valence-corrected chi connectivity index (χ0v) is 15.4. The molecule has 2 nitrogen and oxygen atoms in total. The van der Waals surface area contributed by atoms with Crippen LogP contribution >= 0.6 is 11.3 Å². The molecule has 3 heteroatoms. The van der Waals surface area contributed by atoms with Gasteiger partial charge in [-0.05, 0) is 72.9 Å². The van der Waals surface area contributed by atoms with Gasteiger partial charge in [0.1, 0.15) is 5.75 Å². The average molecular weight is 342 g/mol. The van der Waals surface area contributed by atoms with Crippen molar-refractivity contribution >= 4 is 11.3 Å². The lowest BCUT2D eigenvalue weighted by atomic mass is 9.86. The Bertz CT molecular complexity index is 679. The van der Waals surface area contributed by atoms with E-state index in [2.05, 4.69) is 41.5 Å². The molecule has 1 aliphatic carbocycles. The Morgan fingerprint density at radius 1 is 1.17 bits per heavy atom. The SMILES string of the molecule is CCCN(CCc1cccs1)C1CCc2cc3c(cc2C1)OCC3. The van der Waals surface area contributed by atoms with E-state index in [9.17, 15) is 0 Å². The molecule has 2 heterocycles. The summed E-state index contributed by atoms with van der Waals surface area (Å²) >= 11 is 1.89. The molecule has 2 aromatic rings. The van der Waals surface area contributed by atoms with Gasteiger partial charge in [0.15, 0.2) is 0 Å². The van der Waals surface area contributed by atoms with Gasteiger partial charge in [0, 0.05) is 23.9 Å². The lowest BCUT2D eigenvalue weighted by molar-refractivity contribution is 0.182. The first-order valence-corrected chi connectivity index (χ1v) is 10.3. The molecule has 1 aromatic carbocycles. The van der Waals surface area contributed by atoms with Gasteiger partial charge in [0.25, 0.3) is 0 Å². The zero-order chi connectivity index (χ0) is 16.4. The first-order valence-electron chi connectivity index (χ1n) is 9.37. The minimum atomic E-state index is 0.692. The van der Waals surface area contributed by atoms with Crippen molar-refractivity contribution in [3.05, 3.63) is 51.2 Å². The Balaban J connectivity index is 1.46.